The molecule has 1 fully saturated rings. The van der Waals surface area contributed by atoms with Crippen LogP contribution in [0.1, 0.15) is 61.3 Å². The topological polar surface area (TPSA) is 208 Å². The van der Waals surface area contributed by atoms with Crippen molar-refractivity contribution in [3.63, 3.8) is 0 Å². The summed E-state index contributed by atoms with van der Waals surface area (Å²) in [6.45, 7) is 4.05. The molecule has 4 aromatic rings. The molecule has 1 aliphatic heterocycles. The summed E-state index contributed by atoms with van der Waals surface area (Å²) in [5.74, 6) is -2.27. The van der Waals surface area contributed by atoms with Crippen LogP contribution >= 0.6 is 0 Å². The van der Waals surface area contributed by atoms with Gasteiger partial charge in [0.15, 0.2) is 0 Å². The Morgan fingerprint density at radius 3 is 2.25 bits per heavy atom. The number of benzene rings is 3. The molecule has 0 bridgehead atoms. The molecule has 7 amide bonds. The highest BCUT2D eigenvalue weighted by molar-refractivity contribution is 5.96. The number of carbonyl (C=O) groups excluding carboxylic acids is 6. The lowest BCUT2D eigenvalue weighted by Gasteiger charge is -2.37. The first-order chi connectivity index (χ1) is 27.0. The number of piperidine rings is 1. The first-order valence-corrected chi connectivity index (χ1v) is 19.1. The van der Waals surface area contributed by atoms with Gasteiger partial charge in [-0.05, 0) is 61.8 Å². The van der Waals surface area contributed by atoms with Gasteiger partial charge in [-0.25, -0.2) is 4.79 Å². The number of aromatic nitrogens is 1. The lowest BCUT2D eigenvalue weighted by Crippen LogP contribution is -2.60. The number of H-pyrrole nitrogens is 1. The van der Waals surface area contributed by atoms with Crippen LogP contribution in [0.3, 0.4) is 0 Å². The molecule has 1 aromatic heterocycles. The van der Waals surface area contributed by atoms with Crippen molar-refractivity contribution in [1.82, 2.24) is 36.5 Å². The number of rotatable bonds is 17. The number of nitrogens with one attached hydrogen (secondary N) is 6. The van der Waals surface area contributed by atoms with Crippen LogP contribution in [0, 0.1) is 6.92 Å². The van der Waals surface area contributed by atoms with Crippen molar-refractivity contribution >= 4 is 46.5 Å². The molecule has 5 rings (SSSR count). The summed E-state index contributed by atoms with van der Waals surface area (Å²) in [5.41, 5.74) is 9.69. The third-order valence-electron chi connectivity index (χ3n) is 9.97. The van der Waals surface area contributed by atoms with Crippen LogP contribution in [-0.4, -0.2) is 82.7 Å². The van der Waals surface area contributed by atoms with Gasteiger partial charge in [-0.1, -0.05) is 78.4 Å². The Labute approximate surface area is 326 Å². The molecule has 3 aromatic carbocycles. The molecular formula is C42H52N8O6. The first-order valence-electron chi connectivity index (χ1n) is 19.1. The van der Waals surface area contributed by atoms with E-state index in [0.717, 1.165) is 33.2 Å². The van der Waals surface area contributed by atoms with Crippen molar-refractivity contribution in [3.05, 3.63) is 107 Å². The lowest BCUT2D eigenvalue weighted by atomic mass is 9.97. The maximum atomic E-state index is 14.3. The number of fused-ring (bicyclic) bond motifs is 1. The van der Waals surface area contributed by atoms with Gasteiger partial charge in [0.05, 0.1) is 0 Å². The van der Waals surface area contributed by atoms with E-state index >= 15 is 0 Å². The largest absolute Gasteiger partial charge is 0.361 e. The number of primary amides is 1. The fraction of sp³-hybridized carbons (Fsp3) is 0.381. The molecule has 8 N–H and O–H groups in total. The average molecular weight is 765 g/mol. The zero-order chi connectivity index (χ0) is 40.0. The van der Waals surface area contributed by atoms with E-state index in [1.807, 2.05) is 85.8 Å². The second-order valence-corrected chi connectivity index (χ2v) is 14.3. The highest BCUT2D eigenvalue weighted by Crippen LogP contribution is 2.22. The van der Waals surface area contributed by atoms with E-state index < -0.39 is 47.9 Å². The number of nitrogens with two attached hydrogens (primary N) is 1. The standard InChI is InChI=1S/C42H52N8O6/c1-27-17-19-30(20-18-27)25-46-38(52)34(15-10-21-44-42(43)56)48-39(53)35(24-31-26-45-33-14-7-6-13-32(31)33)49-40(54)37-16-8-9-22-50(37)41(55)36(47-28(2)51)23-29-11-4-3-5-12-29/h3-7,11-14,17-20,26,34-37,45H,8-10,15-16,21-25H2,1-2H3,(H,46,52)(H,47,51)(H,48,53)(H,49,54)(H3,43,44,56)/t34?,35?,36?,37-/m0/s1. The van der Waals surface area contributed by atoms with Gasteiger partial charge < -0.3 is 42.2 Å². The van der Waals surface area contributed by atoms with Gasteiger partial charge in [0, 0.05) is 56.5 Å². The Hall–Kier alpha value is -6.18. The Balaban J connectivity index is 1.37. The fourth-order valence-electron chi connectivity index (χ4n) is 7.04. The number of carbonyl (C=O) groups is 6. The number of para-hydroxylation sites is 1. The van der Waals surface area contributed by atoms with E-state index in [9.17, 15) is 28.8 Å². The Morgan fingerprint density at radius 1 is 0.786 bits per heavy atom. The summed E-state index contributed by atoms with van der Waals surface area (Å²) in [6, 6.07) is 20.0. The average Bonchev–Trinajstić information content (AvgIpc) is 3.60. The molecule has 0 spiro atoms. The van der Waals surface area contributed by atoms with E-state index in [4.69, 9.17) is 5.73 Å². The van der Waals surface area contributed by atoms with Gasteiger partial charge in [-0.3, -0.25) is 24.0 Å². The van der Waals surface area contributed by atoms with Crippen molar-refractivity contribution in [3.8, 4) is 0 Å². The molecule has 4 atom stereocenters. The van der Waals surface area contributed by atoms with Crippen LogP contribution < -0.4 is 32.3 Å². The Bertz CT molecular complexity index is 1980. The maximum absolute atomic E-state index is 14.3. The van der Waals surface area contributed by atoms with E-state index in [1.165, 1.54) is 11.8 Å². The van der Waals surface area contributed by atoms with Gasteiger partial charge in [0.1, 0.15) is 24.2 Å². The molecule has 1 aliphatic rings. The molecule has 0 radical (unpaired) electrons. The van der Waals surface area contributed by atoms with E-state index in [1.54, 1.807) is 6.20 Å². The normalized spacial score (nSPS) is 15.5. The first kappa shape index (κ1) is 41.0. The van der Waals surface area contributed by atoms with Crippen LogP contribution in [0.2, 0.25) is 0 Å². The fourth-order valence-corrected chi connectivity index (χ4v) is 7.04. The molecule has 14 heteroatoms. The highest BCUT2D eigenvalue weighted by Gasteiger charge is 2.38. The Kier molecular flexibility index (Phi) is 14.6. The van der Waals surface area contributed by atoms with Gasteiger partial charge in [-0.15, -0.1) is 0 Å². The minimum Gasteiger partial charge on any atom is -0.361 e. The van der Waals surface area contributed by atoms with Crippen LogP contribution in [0.5, 0.6) is 0 Å². The summed E-state index contributed by atoms with van der Waals surface area (Å²) in [6.07, 6.45) is 4.37. The number of likely N-dealkylation sites (tertiary alicyclic amines) is 1. The molecule has 0 aliphatic carbocycles. The second kappa shape index (κ2) is 19.9. The van der Waals surface area contributed by atoms with Crippen molar-refractivity contribution in [1.29, 1.82) is 0 Å². The molecule has 296 valence electrons. The Morgan fingerprint density at radius 2 is 1.52 bits per heavy atom. The summed E-state index contributed by atoms with van der Waals surface area (Å²) in [7, 11) is 0. The molecule has 2 heterocycles. The molecule has 1 saturated heterocycles. The molecule has 3 unspecified atom stereocenters. The monoisotopic (exact) mass is 764 g/mol. The predicted octanol–water partition coefficient (Wildman–Crippen LogP) is 2.88. The lowest BCUT2D eigenvalue weighted by molar-refractivity contribution is -0.145. The number of aromatic amines is 1. The second-order valence-electron chi connectivity index (χ2n) is 14.3. The van der Waals surface area contributed by atoms with Gasteiger partial charge in [0.25, 0.3) is 0 Å². The van der Waals surface area contributed by atoms with Crippen LogP contribution in [0.25, 0.3) is 10.9 Å². The summed E-state index contributed by atoms with van der Waals surface area (Å²) in [4.78, 5) is 84.6. The van der Waals surface area contributed by atoms with Crippen molar-refractivity contribution < 1.29 is 28.8 Å². The zero-order valence-electron chi connectivity index (χ0n) is 31.9. The van der Waals surface area contributed by atoms with E-state index in [2.05, 4.69) is 31.6 Å². The third kappa shape index (κ3) is 11.7. The number of urea groups is 1. The zero-order valence-corrected chi connectivity index (χ0v) is 31.9. The molecule has 56 heavy (non-hydrogen) atoms. The van der Waals surface area contributed by atoms with Crippen LogP contribution in [-0.2, 0) is 43.4 Å². The summed E-state index contributed by atoms with van der Waals surface area (Å²) >= 11 is 0. The number of hydrogen-bond donors (Lipinski definition) is 7. The number of amides is 7. The van der Waals surface area contributed by atoms with Crippen LogP contribution in [0.4, 0.5) is 4.79 Å². The van der Waals surface area contributed by atoms with Gasteiger partial charge in [-0.2, -0.15) is 0 Å². The summed E-state index contributed by atoms with van der Waals surface area (Å²) in [5, 5.41) is 14.9. The minimum absolute atomic E-state index is 0.0890. The SMILES string of the molecule is CC(=O)NC(Cc1ccccc1)C(=O)N1CCCC[C@H]1C(=O)NC(Cc1c[nH]c2ccccc12)C(=O)NC(CCCNC(N)=O)C(=O)NCc1ccc(C)cc1. The molecular weight excluding hydrogens is 713 g/mol. The molecule has 14 nitrogen and oxygen atoms in total. The number of nitrogens with zero attached hydrogens (tertiary/aromatic N) is 1. The van der Waals surface area contributed by atoms with Gasteiger partial charge in [0.2, 0.25) is 29.5 Å². The maximum Gasteiger partial charge on any atom is 0.312 e. The molecule has 0 saturated carbocycles. The van der Waals surface area contributed by atoms with Crippen molar-refractivity contribution in [2.45, 2.75) is 89.5 Å². The third-order valence-corrected chi connectivity index (χ3v) is 9.97. The smallest absolute Gasteiger partial charge is 0.312 e. The van der Waals surface area contributed by atoms with Gasteiger partial charge >= 0.3 is 6.03 Å². The van der Waals surface area contributed by atoms with Crippen molar-refractivity contribution in [2.24, 2.45) is 5.73 Å². The quantitative estimate of drug-likeness (QED) is 0.0805. The number of aryl methyl sites for hydroxylation is 1. The van der Waals surface area contributed by atoms with Crippen LogP contribution in [0.15, 0.2) is 85.1 Å². The number of hydrogen-bond acceptors (Lipinski definition) is 6. The van der Waals surface area contributed by atoms with E-state index in [0.29, 0.717) is 32.2 Å². The summed E-state index contributed by atoms with van der Waals surface area (Å²) < 4.78 is 0. The minimum atomic E-state index is -1.13. The predicted molar refractivity (Wildman–Crippen MR) is 213 cm³/mol. The van der Waals surface area contributed by atoms with Crippen molar-refractivity contribution in [2.75, 3.05) is 13.1 Å². The highest BCUT2D eigenvalue weighted by atomic mass is 16.2. The van der Waals surface area contributed by atoms with E-state index in [-0.39, 0.29) is 44.2 Å².